The Labute approximate surface area is 125 Å². The van der Waals surface area contributed by atoms with E-state index in [0.717, 1.165) is 18.5 Å². The number of hydrogen-bond acceptors (Lipinski definition) is 4. The lowest BCUT2D eigenvalue weighted by molar-refractivity contribution is 0.362. The van der Waals surface area contributed by atoms with Crippen molar-refractivity contribution in [3.63, 3.8) is 0 Å². The van der Waals surface area contributed by atoms with E-state index in [1.165, 1.54) is 6.42 Å². The van der Waals surface area contributed by atoms with Crippen LogP contribution in [0.2, 0.25) is 0 Å². The molecule has 2 rings (SSSR count). The molecular formula is C13H23N3O2S2. The molecule has 5 nitrogen and oxygen atoms in total. The topological polar surface area (TPSA) is 63.1 Å². The molecular weight excluding hydrogens is 294 g/mol. The minimum absolute atomic E-state index is 0.107. The van der Waals surface area contributed by atoms with Crippen LogP contribution in [0.5, 0.6) is 0 Å². The molecule has 114 valence electrons. The summed E-state index contributed by atoms with van der Waals surface area (Å²) in [6.07, 6.45) is 7.11. The predicted octanol–water partition coefficient (Wildman–Crippen LogP) is 1.31. The number of hydrogen-bond donors (Lipinski definition) is 2. The molecule has 0 atom stereocenters. The third-order valence-electron chi connectivity index (χ3n) is 4.03. The van der Waals surface area contributed by atoms with Gasteiger partial charge in [-0.15, -0.1) is 0 Å². The second-order valence-corrected chi connectivity index (χ2v) is 8.41. The highest BCUT2D eigenvalue weighted by Gasteiger charge is 2.37. The fourth-order valence-electron chi connectivity index (χ4n) is 2.41. The van der Waals surface area contributed by atoms with Crippen LogP contribution >= 0.6 is 11.8 Å². The summed E-state index contributed by atoms with van der Waals surface area (Å²) in [7, 11) is 0.296. The van der Waals surface area contributed by atoms with Crippen molar-refractivity contribution < 1.29 is 8.42 Å². The van der Waals surface area contributed by atoms with Crippen molar-refractivity contribution in [3.05, 3.63) is 18.0 Å². The molecule has 1 aromatic rings. The first kappa shape index (κ1) is 15.9. The SMILES string of the molecule is CNCc1cc(S(=O)(=O)NCC2(SC)CCC2)cn1C. The predicted molar refractivity (Wildman–Crippen MR) is 83.5 cm³/mol. The van der Waals surface area contributed by atoms with Gasteiger partial charge < -0.3 is 9.88 Å². The number of nitrogens with zero attached hydrogens (tertiary/aromatic N) is 1. The molecule has 1 aliphatic carbocycles. The zero-order chi connectivity index (χ0) is 14.8. The molecule has 0 bridgehead atoms. The molecule has 0 unspecified atom stereocenters. The van der Waals surface area contributed by atoms with E-state index in [1.54, 1.807) is 24.0 Å². The number of nitrogens with one attached hydrogen (secondary N) is 2. The molecule has 20 heavy (non-hydrogen) atoms. The molecule has 0 radical (unpaired) electrons. The second kappa shape index (κ2) is 6.09. The van der Waals surface area contributed by atoms with Gasteiger partial charge in [-0.05, 0) is 32.2 Å². The van der Waals surface area contributed by atoms with Crippen molar-refractivity contribution in [1.82, 2.24) is 14.6 Å². The first-order valence-corrected chi connectivity index (χ1v) is 9.48. The van der Waals surface area contributed by atoms with E-state index in [1.807, 2.05) is 18.7 Å². The molecule has 0 spiro atoms. The molecule has 1 aliphatic rings. The van der Waals surface area contributed by atoms with Gasteiger partial charge in [0.1, 0.15) is 0 Å². The maximum atomic E-state index is 12.4. The quantitative estimate of drug-likeness (QED) is 0.796. The summed E-state index contributed by atoms with van der Waals surface area (Å²) >= 11 is 1.77. The molecule has 0 amide bonds. The summed E-state index contributed by atoms with van der Waals surface area (Å²) in [5.74, 6) is 0. The maximum Gasteiger partial charge on any atom is 0.242 e. The van der Waals surface area contributed by atoms with Gasteiger partial charge >= 0.3 is 0 Å². The van der Waals surface area contributed by atoms with Gasteiger partial charge in [0.2, 0.25) is 10.0 Å². The number of aromatic nitrogens is 1. The molecule has 1 fully saturated rings. The van der Waals surface area contributed by atoms with E-state index in [9.17, 15) is 8.42 Å². The van der Waals surface area contributed by atoms with Crippen molar-refractivity contribution >= 4 is 21.8 Å². The number of aryl methyl sites for hydroxylation is 1. The minimum atomic E-state index is -3.41. The van der Waals surface area contributed by atoms with Gasteiger partial charge in [-0.3, -0.25) is 0 Å². The van der Waals surface area contributed by atoms with E-state index in [-0.39, 0.29) is 4.75 Å². The van der Waals surface area contributed by atoms with E-state index >= 15 is 0 Å². The van der Waals surface area contributed by atoms with Gasteiger partial charge in [-0.25, -0.2) is 13.1 Å². The first-order chi connectivity index (χ1) is 9.42. The molecule has 7 heteroatoms. The molecule has 1 aromatic heterocycles. The third-order valence-corrected chi connectivity index (χ3v) is 6.82. The lowest BCUT2D eigenvalue weighted by Crippen LogP contribution is -2.45. The van der Waals surface area contributed by atoms with Crippen LogP contribution in [0.15, 0.2) is 17.2 Å². The van der Waals surface area contributed by atoms with Gasteiger partial charge in [0.15, 0.2) is 0 Å². The van der Waals surface area contributed by atoms with Gasteiger partial charge in [-0.2, -0.15) is 11.8 Å². The Morgan fingerprint density at radius 1 is 1.45 bits per heavy atom. The van der Waals surface area contributed by atoms with Crippen LogP contribution in [0.25, 0.3) is 0 Å². The Morgan fingerprint density at radius 2 is 2.15 bits per heavy atom. The lowest BCUT2D eigenvalue weighted by Gasteiger charge is -2.40. The highest BCUT2D eigenvalue weighted by molar-refractivity contribution is 8.00. The summed E-state index contributed by atoms with van der Waals surface area (Å²) in [5.41, 5.74) is 0.955. The maximum absolute atomic E-state index is 12.4. The van der Waals surface area contributed by atoms with Crippen molar-refractivity contribution in [3.8, 4) is 0 Å². The van der Waals surface area contributed by atoms with Crippen LogP contribution in [-0.4, -0.2) is 37.6 Å². The van der Waals surface area contributed by atoms with E-state index in [0.29, 0.717) is 18.0 Å². The van der Waals surface area contributed by atoms with Gasteiger partial charge in [-0.1, -0.05) is 6.42 Å². The van der Waals surface area contributed by atoms with Crippen molar-refractivity contribution in [1.29, 1.82) is 0 Å². The highest BCUT2D eigenvalue weighted by atomic mass is 32.2. The van der Waals surface area contributed by atoms with Gasteiger partial charge in [0.25, 0.3) is 0 Å². The van der Waals surface area contributed by atoms with E-state index < -0.39 is 10.0 Å². The lowest BCUT2D eigenvalue weighted by atomic mass is 9.84. The summed E-state index contributed by atoms with van der Waals surface area (Å²) < 4.78 is 29.4. The normalized spacial score (nSPS) is 17.9. The monoisotopic (exact) mass is 317 g/mol. The number of rotatable bonds is 7. The smallest absolute Gasteiger partial charge is 0.242 e. The summed E-state index contributed by atoms with van der Waals surface area (Å²) in [5, 5.41) is 3.03. The fraction of sp³-hybridized carbons (Fsp3) is 0.692. The molecule has 0 saturated heterocycles. The largest absolute Gasteiger partial charge is 0.352 e. The molecule has 1 saturated carbocycles. The second-order valence-electron chi connectivity index (χ2n) is 5.37. The number of sulfonamides is 1. The van der Waals surface area contributed by atoms with Gasteiger partial charge in [0, 0.05) is 36.8 Å². The molecule has 2 N–H and O–H groups in total. The zero-order valence-electron chi connectivity index (χ0n) is 12.3. The standard InChI is InChI=1S/C13H23N3O2S2/c1-14-8-11-7-12(9-16(11)2)20(17,18)15-10-13(19-3)5-4-6-13/h7,9,14-15H,4-6,8,10H2,1-3H3. The van der Waals surface area contributed by atoms with Gasteiger partial charge in [0.05, 0.1) is 4.90 Å². The molecule has 1 heterocycles. The van der Waals surface area contributed by atoms with Crippen molar-refractivity contribution in [2.45, 2.75) is 35.4 Å². The van der Waals surface area contributed by atoms with E-state index in [4.69, 9.17) is 0 Å². The Morgan fingerprint density at radius 3 is 2.65 bits per heavy atom. The Kier molecular flexibility index (Phi) is 4.84. The molecule has 0 aliphatic heterocycles. The fourth-order valence-corrected chi connectivity index (χ4v) is 4.64. The Balaban J connectivity index is 2.08. The summed E-state index contributed by atoms with van der Waals surface area (Å²) in [6, 6.07) is 1.73. The van der Waals surface area contributed by atoms with Crippen LogP contribution in [-0.2, 0) is 23.6 Å². The average Bonchev–Trinajstić information content (AvgIpc) is 2.72. The zero-order valence-corrected chi connectivity index (χ0v) is 13.9. The highest BCUT2D eigenvalue weighted by Crippen LogP contribution is 2.42. The van der Waals surface area contributed by atoms with Crippen LogP contribution in [0, 0.1) is 0 Å². The van der Waals surface area contributed by atoms with Crippen LogP contribution in [0.1, 0.15) is 25.0 Å². The third kappa shape index (κ3) is 3.21. The summed E-state index contributed by atoms with van der Waals surface area (Å²) in [4.78, 5) is 0.348. The Hall–Kier alpha value is -0.500. The van der Waals surface area contributed by atoms with Crippen molar-refractivity contribution in [2.75, 3.05) is 19.8 Å². The Bertz CT molecular complexity index is 557. The minimum Gasteiger partial charge on any atom is -0.352 e. The molecule has 0 aromatic carbocycles. The summed E-state index contributed by atoms with van der Waals surface area (Å²) in [6.45, 7) is 1.17. The average molecular weight is 317 g/mol. The number of thioether (sulfide) groups is 1. The van der Waals surface area contributed by atoms with Crippen LogP contribution < -0.4 is 10.0 Å². The van der Waals surface area contributed by atoms with E-state index in [2.05, 4.69) is 16.3 Å². The van der Waals surface area contributed by atoms with Crippen molar-refractivity contribution in [2.24, 2.45) is 7.05 Å². The van der Waals surface area contributed by atoms with Crippen LogP contribution in [0.3, 0.4) is 0 Å². The van der Waals surface area contributed by atoms with Crippen LogP contribution in [0.4, 0.5) is 0 Å². The first-order valence-electron chi connectivity index (χ1n) is 6.77.